The van der Waals surface area contributed by atoms with Gasteiger partial charge in [0, 0.05) is 25.5 Å². The minimum Gasteiger partial charge on any atom is -0.385 e. The van der Waals surface area contributed by atoms with Crippen LogP contribution in [0, 0.1) is 37.0 Å². The summed E-state index contributed by atoms with van der Waals surface area (Å²) in [7, 11) is -0.428. The van der Waals surface area contributed by atoms with E-state index in [4.69, 9.17) is 8.37 Å². The molecule has 0 aliphatic carbocycles. The second kappa shape index (κ2) is 24.3. The molecule has 404 valence electrons. The van der Waals surface area contributed by atoms with E-state index in [1.807, 2.05) is 100 Å². The number of aryl methyl sites for hydroxylation is 2. The molecule has 0 spiro atoms. The average molecular weight is 1090 g/mol. The second-order valence-electron chi connectivity index (χ2n) is 21.1. The first-order valence-corrected chi connectivity index (χ1v) is 28.1. The molecule has 3 aliphatic rings. The second-order valence-corrected chi connectivity index (χ2v) is 24.9. The zero-order valence-electron chi connectivity index (χ0n) is 44.7. The van der Waals surface area contributed by atoms with Crippen LogP contribution in [0.3, 0.4) is 0 Å². The molecule has 8 rings (SSSR count). The molecule has 3 heterocycles. The van der Waals surface area contributed by atoms with E-state index in [9.17, 15) is 31.2 Å². The van der Waals surface area contributed by atoms with Gasteiger partial charge in [0.25, 0.3) is 0 Å². The minimum absolute atomic E-state index is 0.0183. The van der Waals surface area contributed by atoms with E-state index in [-0.39, 0.29) is 51.2 Å². The summed E-state index contributed by atoms with van der Waals surface area (Å²) in [6.07, 6.45) is 1.02. The lowest BCUT2D eigenvalue weighted by atomic mass is 9.72. The van der Waals surface area contributed by atoms with E-state index in [0.717, 1.165) is 40.2 Å². The number of hydrogen-bond acceptors (Lipinski definition) is 12. The molecule has 0 radical (unpaired) electrons. The summed E-state index contributed by atoms with van der Waals surface area (Å²) >= 11 is -3.42. The molecule has 3 amide bonds. The van der Waals surface area contributed by atoms with E-state index in [0.29, 0.717) is 42.5 Å². The molecule has 0 aromatic heterocycles. The van der Waals surface area contributed by atoms with Crippen LogP contribution in [0.15, 0.2) is 120 Å². The summed E-state index contributed by atoms with van der Waals surface area (Å²) in [4.78, 5) is 34.9. The molecule has 5 unspecified atom stereocenters. The van der Waals surface area contributed by atoms with Gasteiger partial charge in [-0.15, -0.1) is 0 Å². The number of hydrogen-bond donors (Lipinski definition) is 5. The Labute approximate surface area is 447 Å². The summed E-state index contributed by atoms with van der Waals surface area (Å²) in [5, 5.41) is 5.34. The smallest absolute Gasteiger partial charge is 0.316 e. The molecule has 5 atom stereocenters. The van der Waals surface area contributed by atoms with Crippen molar-refractivity contribution >= 4 is 78.7 Å². The third-order valence-electron chi connectivity index (χ3n) is 12.4. The zero-order valence-corrected chi connectivity index (χ0v) is 47.2. The van der Waals surface area contributed by atoms with Gasteiger partial charge in [-0.1, -0.05) is 85.2 Å². The van der Waals surface area contributed by atoms with Gasteiger partial charge in [-0.05, 0) is 133 Å². The zero-order chi connectivity index (χ0) is 55.0. The highest BCUT2D eigenvalue weighted by molar-refractivity contribution is 7.89. The SMILES string of the molecule is CC1CN(c2ccc(S(=O)(=O)N(C)C)cc2)NC1=O.Cc1ccc(C(C)(C)CC(C)(C)C)cc1OS(=O)Nc1ccc(N2CC(C)C(=O)N2)cc1.Cc1ccc(OS(=O)Nc2ccc(N3CC(C)C(=O)N3)cc2)cc1. The molecule has 0 bridgehead atoms. The molecule has 5 N–H and O–H groups in total. The van der Waals surface area contributed by atoms with Gasteiger partial charge in [-0.2, -0.15) is 8.42 Å². The number of benzene rings is 5. The number of rotatable bonds is 15. The number of hydrazine groups is 3. The highest BCUT2D eigenvalue weighted by Crippen LogP contribution is 2.38. The maximum atomic E-state index is 12.7. The maximum absolute atomic E-state index is 12.7. The fraction of sp³-hybridized carbons (Fsp3) is 0.389. The van der Waals surface area contributed by atoms with Crippen LogP contribution in [0.2, 0.25) is 0 Å². The van der Waals surface area contributed by atoms with Crippen LogP contribution < -0.4 is 49.1 Å². The predicted octanol–water partition coefficient (Wildman–Crippen LogP) is 8.24. The maximum Gasteiger partial charge on any atom is 0.316 e. The Balaban J connectivity index is 0.000000189. The number of anilines is 5. The van der Waals surface area contributed by atoms with Crippen LogP contribution in [0.1, 0.15) is 78.5 Å². The van der Waals surface area contributed by atoms with Gasteiger partial charge in [0.1, 0.15) is 11.5 Å². The van der Waals surface area contributed by atoms with Crippen molar-refractivity contribution in [2.24, 2.45) is 23.2 Å². The molecule has 0 saturated carbocycles. The summed E-state index contributed by atoms with van der Waals surface area (Å²) in [5.74, 6) is 1.03. The number of nitrogens with one attached hydrogen (secondary N) is 5. The predicted molar refractivity (Wildman–Crippen MR) is 298 cm³/mol. The molecule has 18 nitrogen and oxygen atoms in total. The Kier molecular flexibility index (Phi) is 18.7. The molecule has 3 saturated heterocycles. The monoisotopic (exact) mass is 1090 g/mol. The number of nitrogens with zero attached hydrogens (tertiary/aromatic N) is 4. The summed E-state index contributed by atoms with van der Waals surface area (Å²) < 4.78 is 66.4. The lowest BCUT2D eigenvalue weighted by molar-refractivity contribution is -0.122. The first-order chi connectivity index (χ1) is 35.2. The molecule has 75 heavy (non-hydrogen) atoms. The van der Waals surface area contributed by atoms with Crippen molar-refractivity contribution in [2.45, 2.75) is 86.0 Å². The van der Waals surface area contributed by atoms with Crippen LogP contribution >= 0.6 is 0 Å². The first kappa shape index (κ1) is 57.6. The summed E-state index contributed by atoms with van der Waals surface area (Å²) in [6.45, 7) is 22.6. The quantitative estimate of drug-likeness (QED) is 0.0671. The van der Waals surface area contributed by atoms with E-state index < -0.39 is 32.6 Å². The van der Waals surface area contributed by atoms with Crippen molar-refractivity contribution in [3.05, 3.63) is 132 Å². The Hall–Kier alpha value is -6.68. The lowest BCUT2D eigenvalue weighted by Gasteiger charge is -2.33. The van der Waals surface area contributed by atoms with Crippen molar-refractivity contribution in [3.63, 3.8) is 0 Å². The third kappa shape index (κ3) is 15.9. The molecule has 3 fully saturated rings. The van der Waals surface area contributed by atoms with Gasteiger partial charge < -0.3 is 8.37 Å². The van der Waals surface area contributed by atoms with Crippen LogP contribution in [-0.2, 0) is 52.4 Å². The minimum atomic E-state index is -3.41. The van der Waals surface area contributed by atoms with E-state index in [1.165, 1.54) is 18.4 Å². The average Bonchev–Trinajstić information content (AvgIpc) is 4.00. The van der Waals surface area contributed by atoms with E-state index in [2.05, 4.69) is 66.4 Å². The van der Waals surface area contributed by atoms with Crippen LogP contribution in [0.25, 0.3) is 0 Å². The summed E-state index contributed by atoms with van der Waals surface area (Å²) in [6, 6.07) is 34.6. The largest absolute Gasteiger partial charge is 0.385 e. The van der Waals surface area contributed by atoms with Crippen molar-refractivity contribution in [1.29, 1.82) is 0 Å². The van der Waals surface area contributed by atoms with Gasteiger partial charge >= 0.3 is 22.5 Å². The molecule has 21 heteroatoms. The van der Waals surface area contributed by atoms with Gasteiger partial charge in [0.05, 0.1) is 59.3 Å². The van der Waals surface area contributed by atoms with Gasteiger partial charge in [-0.3, -0.25) is 55.1 Å². The first-order valence-electron chi connectivity index (χ1n) is 24.6. The number of sulfonamides is 1. The Morgan fingerprint density at radius 1 is 0.600 bits per heavy atom. The van der Waals surface area contributed by atoms with Crippen LogP contribution in [0.4, 0.5) is 28.4 Å². The molecular weight excluding hydrogens is 1010 g/mol. The molecular formula is C54H71N9O9S3. The van der Waals surface area contributed by atoms with Gasteiger partial charge in [0.15, 0.2) is 0 Å². The highest BCUT2D eigenvalue weighted by atomic mass is 32.2. The van der Waals surface area contributed by atoms with Crippen molar-refractivity contribution in [2.75, 3.05) is 58.2 Å². The molecule has 3 aliphatic heterocycles. The van der Waals surface area contributed by atoms with Crippen molar-refractivity contribution in [1.82, 2.24) is 20.6 Å². The number of carbonyl (C=O) groups is 3. The van der Waals surface area contributed by atoms with Gasteiger partial charge in [-0.25, -0.2) is 12.7 Å². The topological polar surface area (TPSA) is 211 Å². The normalized spacial score (nSPS) is 18.4. The van der Waals surface area contributed by atoms with Gasteiger partial charge in [0.2, 0.25) is 27.7 Å². The lowest BCUT2D eigenvalue weighted by Crippen LogP contribution is -2.33. The fourth-order valence-corrected chi connectivity index (χ4v) is 10.7. The Morgan fingerprint density at radius 2 is 1.00 bits per heavy atom. The van der Waals surface area contributed by atoms with Crippen LogP contribution in [0.5, 0.6) is 11.5 Å². The Morgan fingerprint density at radius 3 is 1.37 bits per heavy atom. The van der Waals surface area contributed by atoms with Crippen LogP contribution in [-0.4, -0.2) is 72.6 Å². The van der Waals surface area contributed by atoms with E-state index >= 15 is 0 Å². The summed E-state index contributed by atoms with van der Waals surface area (Å²) in [5.41, 5.74) is 15.6. The van der Waals surface area contributed by atoms with Crippen molar-refractivity contribution < 1.29 is 39.6 Å². The third-order valence-corrected chi connectivity index (χ3v) is 15.7. The highest BCUT2D eigenvalue weighted by Gasteiger charge is 2.30. The molecule has 5 aromatic rings. The fourth-order valence-electron chi connectivity index (χ4n) is 8.41. The molecule has 5 aromatic carbocycles. The van der Waals surface area contributed by atoms with Crippen molar-refractivity contribution in [3.8, 4) is 11.5 Å². The van der Waals surface area contributed by atoms with E-state index in [1.54, 1.807) is 58.5 Å². The Bertz CT molecular complexity index is 2950. The standard InChI is InChI=1S/C25H35N3O3S.C17H19N3O3S.C12H17N3O3S/c1-17-8-9-19(25(6,7)16-24(3,4)5)14-22(17)31-32(30)27-20-10-12-21(13-11-20)28-15-18(2)23(29)26-28;1-12-3-9-16(10-4-12)23-24(22)19-14-5-7-15(8-6-14)20-11-13(2)17(21)18-20;1-9-8-15(13-12(9)16)10-4-6-11(7-5-10)19(17,18)14(2)3/h8-14,18,27H,15-16H2,1-7H3,(H,26,29);3-10,13,19H,11H2,1-2H3,(H,18,21);4-7,9H,8H2,1-3H3,(H,13,16). The number of carbonyl (C=O) groups excluding carboxylic acids is 3. The number of amides is 3.